The number of amides is 1. The van der Waals surface area contributed by atoms with Crippen molar-refractivity contribution in [3.8, 4) is 0 Å². The molecule has 0 aliphatic carbocycles. The predicted molar refractivity (Wildman–Crippen MR) is 60.0 cm³/mol. The average Bonchev–Trinajstić information content (AvgIpc) is 2.21. The SMILES string of the molecule is Cc1ccc(C(=O)O[C@H](C)C(N)=O)cc1C. The third-order valence-corrected chi connectivity index (χ3v) is 2.43. The van der Waals surface area contributed by atoms with Gasteiger partial charge in [-0.25, -0.2) is 4.79 Å². The largest absolute Gasteiger partial charge is 0.449 e. The quantitative estimate of drug-likeness (QED) is 0.783. The van der Waals surface area contributed by atoms with Crippen molar-refractivity contribution in [3.63, 3.8) is 0 Å². The summed E-state index contributed by atoms with van der Waals surface area (Å²) in [6, 6.07) is 5.23. The number of primary amides is 1. The molecule has 1 rings (SSSR count). The third kappa shape index (κ3) is 2.82. The van der Waals surface area contributed by atoms with Gasteiger partial charge in [-0.2, -0.15) is 0 Å². The van der Waals surface area contributed by atoms with E-state index in [2.05, 4.69) is 0 Å². The Morgan fingerprint density at radius 1 is 1.25 bits per heavy atom. The minimum absolute atomic E-state index is 0.427. The minimum Gasteiger partial charge on any atom is -0.449 e. The van der Waals surface area contributed by atoms with Crippen molar-refractivity contribution in [1.82, 2.24) is 0 Å². The maximum Gasteiger partial charge on any atom is 0.338 e. The molecule has 0 bridgehead atoms. The first kappa shape index (κ1) is 12.2. The van der Waals surface area contributed by atoms with E-state index in [9.17, 15) is 9.59 Å². The molecule has 0 aliphatic rings. The Balaban J connectivity index is 2.81. The molecule has 16 heavy (non-hydrogen) atoms. The van der Waals surface area contributed by atoms with Gasteiger partial charge in [0.05, 0.1) is 5.56 Å². The van der Waals surface area contributed by atoms with Crippen molar-refractivity contribution in [3.05, 3.63) is 34.9 Å². The highest BCUT2D eigenvalue weighted by Gasteiger charge is 2.16. The van der Waals surface area contributed by atoms with Gasteiger partial charge in [0.25, 0.3) is 5.91 Å². The fourth-order valence-corrected chi connectivity index (χ4v) is 1.16. The molecule has 86 valence electrons. The summed E-state index contributed by atoms with van der Waals surface area (Å²) in [6.07, 6.45) is -0.908. The number of hydrogen-bond acceptors (Lipinski definition) is 3. The van der Waals surface area contributed by atoms with Gasteiger partial charge in [0.15, 0.2) is 6.10 Å². The Labute approximate surface area is 94.4 Å². The number of nitrogens with two attached hydrogens (primary N) is 1. The molecule has 0 saturated carbocycles. The van der Waals surface area contributed by atoms with Crippen LogP contribution in [0.2, 0.25) is 0 Å². The highest BCUT2D eigenvalue weighted by Crippen LogP contribution is 2.11. The lowest BCUT2D eigenvalue weighted by Crippen LogP contribution is -2.30. The van der Waals surface area contributed by atoms with Crippen LogP contribution in [0.4, 0.5) is 0 Å². The van der Waals surface area contributed by atoms with Crippen molar-refractivity contribution in [2.75, 3.05) is 0 Å². The van der Waals surface area contributed by atoms with E-state index < -0.39 is 18.0 Å². The number of carbonyl (C=O) groups excluding carboxylic acids is 2. The van der Waals surface area contributed by atoms with Gasteiger partial charge in [-0.3, -0.25) is 4.79 Å². The summed E-state index contributed by atoms with van der Waals surface area (Å²) < 4.78 is 4.88. The highest BCUT2D eigenvalue weighted by atomic mass is 16.5. The summed E-state index contributed by atoms with van der Waals surface area (Å²) in [5, 5.41) is 0. The molecular weight excluding hydrogens is 206 g/mol. The van der Waals surface area contributed by atoms with Gasteiger partial charge < -0.3 is 10.5 Å². The molecule has 0 radical (unpaired) electrons. The summed E-state index contributed by atoms with van der Waals surface area (Å²) in [4.78, 5) is 22.3. The van der Waals surface area contributed by atoms with Gasteiger partial charge in [-0.05, 0) is 44.0 Å². The lowest BCUT2D eigenvalue weighted by molar-refractivity contribution is -0.125. The Hall–Kier alpha value is -1.84. The van der Waals surface area contributed by atoms with Gasteiger partial charge >= 0.3 is 5.97 Å². The van der Waals surface area contributed by atoms with Crippen LogP contribution in [0.5, 0.6) is 0 Å². The number of rotatable bonds is 3. The van der Waals surface area contributed by atoms with E-state index in [0.29, 0.717) is 5.56 Å². The average molecular weight is 221 g/mol. The molecular formula is C12H15NO3. The molecule has 0 aliphatic heterocycles. The summed E-state index contributed by atoms with van der Waals surface area (Å²) >= 11 is 0. The number of hydrogen-bond donors (Lipinski definition) is 1. The standard InChI is InChI=1S/C12H15NO3/c1-7-4-5-10(6-8(7)2)12(15)16-9(3)11(13)14/h4-6,9H,1-3H3,(H2,13,14)/t9-/m1/s1. The van der Waals surface area contributed by atoms with E-state index in [1.807, 2.05) is 19.9 Å². The molecule has 0 fully saturated rings. The number of ether oxygens (including phenoxy) is 1. The van der Waals surface area contributed by atoms with E-state index >= 15 is 0 Å². The van der Waals surface area contributed by atoms with Gasteiger partial charge in [0.1, 0.15) is 0 Å². The first-order valence-electron chi connectivity index (χ1n) is 4.99. The normalized spacial score (nSPS) is 11.9. The molecule has 1 amide bonds. The molecule has 4 heteroatoms. The number of aryl methyl sites for hydroxylation is 2. The molecule has 1 atom stereocenters. The van der Waals surface area contributed by atoms with Crippen molar-refractivity contribution >= 4 is 11.9 Å². The predicted octanol–water partition coefficient (Wildman–Crippen LogP) is 1.33. The van der Waals surface area contributed by atoms with Gasteiger partial charge in [-0.15, -0.1) is 0 Å². The zero-order chi connectivity index (χ0) is 12.3. The second kappa shape index (κ2) is 4.79. The summed E-state index contributed by atoms with van der Waals surface area (Å²) in [5.41, 5.74) is 7.53. The second-order valence-corrected chi connectivity index (χ2v) is 3.75. The lowest BCUT2D eigenvalue weighted by Gasteiger charge is -2.10. The summed E-state index contributed by atoms with van der Waals surface area (Å²) in [5.74, 6) is -1.19. The van der Waals surface area contributed by atoms with E-state index in [1.165, 1.54) is 6.92 Å². The van der Waals surface area contributed by atoms with E-state index in [-0.39, 0.29) is 0 Å². The van der Waals surface area contributed by atoms with Crippen LogP contribution >= 0.6 is 0 Å². The van der Waals surface area contributed by atoms with Crippen LogP contribution in [0.1, 0.15) is 28.4 Å². The molecule has 4 nitrogen and oxygen atoms in total. The zero-order valence-electron chi connectivity index (χ0n) is 9.61. The van der Waals surface area contributed by atoms with E-state index in [0.717, 1.165) is 11.1 Å². The lowest BCUT2D eigenvalue weighted by atomic mass is 10.1. The van der Waals surface area contributed by atoms with Crippen LogP contribution in [-0.4, -0.2) is 18.0 Å². The second-order valence-electron chi connectivity index (χ2n) is 3.75. The van der Waals surface area contributed by atoms with Crippen LogP contribution in [0, 0.1) is 13.8 Å². The Morgan fingerprint density at radius 3 is 2.38 bits per heavy atom. The van der Waals surface area contributed by atoms with Gasteiger partial charge in [0.2, 0.25) is 0 Å². The molecule has 1 aromatic carbocycles. The van der Waals surface area contributed by atoms with Crippen molar-refractivity contribution in [2.24, 2.45) is 5.73 Å². The van der Waals surface area contributed by atoms with Crippen LogP contribution in [0.15, 0.2) is 18.2 Å². The molecule has 0 spiro atoms. The number of esters is 1. The van der Waals surface area contributed by atoms with Crippen molar-refractivity contribution in [2.45, 2.75) is 26.9 Å². The summed E-state index contributed by atoms with van der Waals surface area (Å²) in [6.45, 7) is 5.31. The van der Waals surface area contributed by atoms with Crippen LogP contribution in [0.25, 0.3) is 0 Å². The summed E-state index contributed by atoms with van der Waals surface area (Å²) in [7, 11) is 0. The topological polar surface area (TPSA) is 69.4 Å². The first-order chi connectivity index (χ1) is 7.41. The third-order valence-electron chi connectivity index (χ3n) is 2.43. The van der Waals surface area contributed by atoms with Crippen molar-refractivity contribution < 1.29 is 14.3 Å². The van der Waals surface area contributed by atoms with E-state index in [4.69, 9.17) is 10.5 Å². The highest BCUT2D eigenvalue weighted by molar-refractivity contribution is 5.92. The van der Waals surface area contributed by atoms with Crippen LogP contribution in [0.3, 0.4) is 0 Å². The Morgan fingerprint density at radius 2 is 1.88 bits per heavy atom. The van der Waals surface area contributed by atoms with Gasteiger partial charge in [-0.1, -0.05) is 6.07 Å². The number of carbonyl (C=O) groups is 2. The van der Waals surface area contributed by atoms with Crippen LogP contribution in [-0.2, 0) is 9.53 Å². The maximum atomic E-state index is 11.6. The molecule has 0 heterocycles. The molecule has 2 N–H and O–H groups in total. The Bertz CT molecular complexity index is 426. The zero-order valence-corrected chi connectivity index (χ0v) is 9.61. The smallest absolute Gasteiger partial charge is 0.338 e. The van der Waals surface area contributed by atoms with Crippen LogP contribution < -0.4 is 5.73 Å². The Kier molecular flexibility index (Phi) is 3.66. The molecule has 1 aromatic rings. The van der Waals surface area contributed by atoms with Crippen molar-refractivity contribution in [1.29, 1.82) is 0 Å². The minimum atomic E-state index is -0.908. The maximum absolute atomic E-state index is 11.6. The fraction of sp³-hybridized carbons (Fsp3) is 0.333. The monoisotopic (exact) mass is 221 g/mol. The molecule has 0 unspecified atom stereocenters. The molecule has 0 aromatic heterocycles. The van der Waals surface area contributed by atoms with Gasteiger partial charge in [0, 0.05) is 0 Å². The number of benzene rings is 1. The fourth-order valence-electron chi connectivity index (χ4n) is 1.16. The van der Waals surface area contributed by atoms with E-state index in [1.54, 1.807) is 12.1 Å². The molecule has 0 saturated heterocycles. The first-order valence-corrected chi connectivity index (χ1v) is 4.99.